The molecule has 0 aliphatic carbocycles. The number of carbonyl (C=O) groups is 1. The molecule has 0 aliphatic heterocycles. The Labute approximate surface area is 117 Å². The zero-order chi connectivity index (χ0) is 14.7. The summed E-state index contributed by atoms with van der Waals surface area (Å²) >= 11 is 0. The highest BCUT2D eigenvalue weighted by Crippen LogP contribution is 2.32. The number of hydrogen-bond acceptors (Lipinski definition) is 2. The van der Waals surface area contributed by atoms with Gasteiger partial charge in [-0.15, -0.1) is 0 Å². The van der Waals surface area contributed by atoms with Crippen molar-refractivity contribution in [2.45, 2.75) is 54.6 Å². The first-order valence-electron chi connectivity index (χ1n) is 7.02. The minimum atomic E-state index is -0.157. The second-order valence-electron chi connectivity index (χ2n) is 6.07. The predicted octanol–water partition coefficient (Wildman–Crippen LogP) is 4.51. The van der Waals surface area contributed by atoms with Gasteiger partial charge in [0, 0.05) is 0 Å². The standard InChI is InChI=1S/C17H26O2/c1-10(2)16(19-17(18)11(3)4)15-13(6)8-12(5)9-14(15)7/h8-11,16H,1-7H3/t16-/m1/s1. The van der Waals surface area contributed by atoms with Crippen molar-refractivity contribution in [2.75, 3.05) is 0 Å². The van der Waals surface area contributed by atoms with E-state index in [1.54, 1.807) is 0 Å². The Morgan fingerprint density at radius 3 is 1.84 bits per heavy atom. The molecule has 0 saturated heterocycles. The van der Waals surface area contributed by atoms with E-state index >= 15 is 0 Å². The maximum atomic E-state index is 11.9. The first-order valence-corrected chi connectivity index (χ1v) is 7.02. The molecule has 0 N–H and O–H groups in total. The van der Waals surface area contributed by atoms with Crippen LogP contribution in [0.5, 0.6) is 0 Å². The molecule has 2 nitrogen and oxygen atoms in total. The van der Waals surface area contributed by atoms with E-state index in [1.807, 2.05) is 13.8 Å². The number of rotatable bonds is 4. The maximum absolute atomic E-state index is 11.9. The number of carbonyl (C=O) groups excluding carboxylic acids is 1. The van der Waals surface area contributed by atoms with Gasteiger partial charge in [0.2, 0.25) is 0 Å². The fourth-order valence-electron chi connectivity index (χ4n) is 2.43. The number of hydrogen-bond donors (Lipinski definition) is 0. The monoisotopic (exact) mass is 262 g/mol. The SMILES string of the molecule is Cc1cc(C)c([C@H](OC(=O)C(C)C)C(C)C)c(C)c1. The molecule has 0 heterocycles. The van der Waals surface area contributed by atoms with E-state index < -0.39 is 0 Å². The summed E-state index contributed by atoms with van der Waals surface area (Å²) in [5, 5.41) is 0. The van der Waals surface area contributed by atoms with Gasteiger partial charge >= 0.3 is 5.97 Å². The topological polar surface area (TPSA) is 26.3 Å². The lowest BCUT2D eigenvalue weighted by molar-refractivity contribution is -0.155. The molecule has 0 bridgehead atoms. The average Bonchev–Trinajstić information content (AvgIpc) is 2.25. The van der Waals surface area contributed by atoms with Crippen LogP contribution in [0.15, 0.2) is 12.1 Å². The van der Waals surface area contributed by atoms with Gasteiger partial charge < -0.3 is 4.74 Å². The van der Waals surface area contributed by atoms with Crippen molar-refractivity contribution in [2.24, 2.45) is 11.8 Å². The van der Waals surface area contributed by atoms with Gasteiger partial charge in [-0.2, -0.15) is 0 Å². The third-order valence-electron chi connectivity index (χ3n) is 3.34. The van der Waals surface area contributed by atoms with Crippen LogP contribution >= 0.6 is 0 Å². The summed E-state index contributed by atoms with van der Waals surface area (Å²) < 4.78 is 5.72. The molecule has 1 rings (SSSR count). The Morgan fingerprint density at radius 2 is 1.47 bits per heavy atom. The normalized spacial score (nSPS) is 12.9. The highest BCUT2D eigenvalue weighted by molar-refractivity contribution is 5.72. The van der Waals surface area contributed by atoms with E-state index in [2.05, 4.69) is 46.8 Å². The molecular formula is C17H26O2. The molecule has 0 spiro atoms. The number of ether oxygens (including phenoxy) is 1. The van der Waals surface area contributed by atoms with Gasteiger partial charge in [0.15, 0.2) is 0 Å². The van der Waals surface area contributed by atoms with Gasteiger partial charge in [-0.1, -0.05) is 45.4 Å². The number of aryl methyl sites for hydroxylation is 3. The highest BCUT2D eigenvalue weighted by Gasteiger charge is 2.25. The summed E-state index contributed by atoms with van der Waals surface area (Å²) in [5.74, 6) is 0.0493. The van der Waals surface area contributed by atoms with Crippen molar-refractivity contribution >= 4 is 5.97 Å². The van der Waals surface area contributed by atoms with E-state index in [0.717, 1.165) is 5.56 Å². The van der Waals surface area contributed by atoms with E-state index in [-0.39, 0.29) is 23.9 Å². The van der Waals surface area contributed by atoms with Crippen LogP contribution in [0.1, 0.15) is 56.1 Å². The zero-order valence-corrected chi connectivity index (χ0v) is 13.2. The van der Waals surface area contributed by atoms with Crippen molar-refractivity contribution in [3.8, 4) is 0 Å². The quantitative estimate of drug-likeness (QED) is 0.746. The number of esters is 1. The van der Waals surface area contributed by atoms with Gasteiger partial charge in [-0.25, -0.2) is 0 Å². The molecular weight excluding hydrogens is 236 g/mol. The third-order valence-corrected chi connectivity index (χ3v) is 3.34. The van der Waals surface area contributed by atoms with Crippen LogP contribution in [0.4, 0.5) is 0 Å². The Morgan fingerprint density at radius 1 is 1.00 bits per heavy atom. The summed E-state index contributed by atoms with van der Waals surface area (Å²) in [4.78, 5) is 11.9. The molecule has 1 aromatic carbocycles. The third kappa shape index (κ3) is 3.82. The molecule has 0 amide bonds. The van der Waals surface area contributed by atoms with E-state index in [0.29, 0.717) is 0 Å². The Kier molecular flexibility index (Phi) is 5.16. The fraction of sp³-hybridized carbons (Fsp3) is 0.588. The van der Waals surface area contributed by atoms with E-state index in [4.69, 9.17) is 4.74 Å². The Hall–Kier alpha value is -1.31. The van der Waals surface area contributed by atoms with Gasteiger partial charge in [0.1, 0.15) is 6.10 Å². The zero-order valence-electron chi connectivity index (χ0n) is 13.2. The second-order valence-corrected chi connectivity index (χ2v) is 6.07. The van der Waals surface area contributed by atoms with Gasteiger partial charge in [0.25, 0.3) is 0 Å². The average molecular weight is 262 g/mol. The molecule has 19 heavy (non-hydrogen) atoms. The van der Waals surface area contributed by atoms with Crippen molar-refractivity contribution < 1.29 is 9.53 Å². The van der Waals surface area contributed by atoms with E-state index in [9.17, 15) is 4.79 Å². The molecule has 0 aliphatic rings. The molecule has 106 valence electrons. The van der Waals surface area contributed by atoms with Crippen LogP contribution in [-0.4, -0.2) is 5.97 Å². The summed E-state index contributed by atoms with van der Waals surface area (Å²) in [6, 6.07) is 4.31. The van der Waals surface area contributed by atoms with Crippen LogP contribution in [0.2, 0.25) is 0 Å². The molecule has 2 heteroatoms. The predicted molar refractivity (Wildman–Crippen MR) is 79.2 cm³/mol. The lowest BCUT2D eigenvalue weighted by atomic mass is 9.90. The van der Waals surface area contributed by atoms with Crippen LogP contribution < -0.4 is 0 Å². The van der Waals surface area contributed by atoms with Crippen LogP contribution in [-0.2, 0) is 9.53 Å². The smallest absolute Gasteiger partial charge is 0.308 e. The van der Waals surface area contributed by atoms with Crippen LogP contribution in [0.25, 0.3) is 0 Å². The molecule has 1 aromatic rings. The highest BCUT2D eigenvalue weighted by atomic mass is 16.5. The Bertz CT molecular complexity index is 435. The molecule has 0 radical (unpaired) electrons. The van der Waals surface area contributed by atoms with Crippen LogP contribution in [0, 0.1) is 32.6 Å². The van der Waals surface area contributed by atoms with Gasteiger partial charge in [0.05, 0.1) is 5.92 Å². The number of benzene rings is 1. The maximum Gasteiger partial charge on any atom is 0.308 e. The molecule has 1 atom stereocenters. The molecule has 0 fully saturated rings. The molecule has 0 aromatic heterocycles. The summed E-state index contributed by atoms with van der Waals surface area (Å²) in [6.07, 6.45) is -0.157. The summed E-state index contributed by atoms with van der Waals surface area (Å²) in [6.45, 7) is 14.2. The first kappa shape index (κ1) is 15.7. The van der Waals surface area contributed by atoms with Gasteiger partial charge in [-0.05, 0) is 43.4 Å². The second kappa shape index (κ2) is 6.23. The molecule has 0 saturated carbocycles. The van der Waals surface area contributed by atoms with Crippen molar-refractivity contribution in [1.29, 1.82) is 0 Å². The van der Waals surface area contributed by atoms with E-state index in [1.165, 1.54) is 16.7 Å². The lowest BCUT2D eigenvalue weighted by Crippen LogP contribution is -2.21. The Balaban J connectivity index is 3.17. The minimum absolute atomic E-state index is 0.0905. The summed E-state index contributed by atoms with van der Waals surface area (Å²) in [7, 11) is 0. The van der Waals surface area contributed by atoms with Crippen LogP contribution in [0.3, 0.4) is 0 Å². The lowest BCUT2D eigenvalue weighted by Gasteiger charge is -2.26. The largest absolute Gasteiger partial charge is 0.457 e. The summed E-state index contributed by atoms with van der Waals surface area (Å²) in [5.41, 5.74) is 4.81. The fourth-order valence-corrected chi connectivity index (χ4v) is 2.43. The van der Waals surface area contributed by atoms with Gasteiger partial charge in [-0.3, -0.25) is 4.79 Å². The first-order chi connectivity index (χ1) is 8.73. The minimum Gasteiger partial charge on any atom is -0.457 e. The van der Waals surface area contributed by atoms with Crippen molar-refractivity contribution in [3.63, 3.8) is 0 Å². The van der Waals surface area contributed by atoms with Crippen molar-refractivity contribution in [3.05, 3.63) is 34.4 Å². The van der Waals surface area contributed by atoms with Crippen molar-refractivity contribution in [1.82, 2.24) is 0 Å². The molecule has 0 unspecified atom stereocenters.